The van der Waals surface area contributed by atoms with Gasteiger partial charge in [0.1, 0.15) is 24.1 Å². The van der Waals surface area contributed by atoms with Crippen LogP contribution >= 0.6 is 0 Å². The first-order chi connectivity index (χ1) is 9.02. The van der Waals surface area contributed by atoms with Crippen LogP contribution < -0.4 is 0 Å². The second-order valence-electron chi connectivity index (χ2n) is 5.29. The van der Waals surface area contributed by atoms with Crippen molar-refractivity contribution in [3.8, 4) is 0 Å². The van der Waals surface area contributed by atoms with Crippen LogP contribution in [0.1, 0.15) is 26.7 Å². The number of ketones is 1. The lowest BCUT2D eigenvalue weighted by atomic mass is 9.64. The first-order valence-electron chi connectivity index (χ1n) is 6.50. The summed E-state index contributed by atoms with van der Waals surface area (Å²) >= 11 is 0. The summed E-state index contributed by atoms with van der Waals surface area (Å²) in [5.41, 5.74) is -0.890. The lowest BCUT2D eigenvalue weighted by Crippen LogP contribution is -2.48. The number of cyclic esters (lactones) is 1. The van der Waals surface area contributed by atoms with Gasteiger partial charge in [0.25, 0.3) is 0 Å². The molecule has 1 aliphatic heterocycles. The predicted octanol–water partition coefficient (Wildman–Crippen LogP) is 1.46. The Morgan fingerprint density at radius 2 is 2.32 bits per heavy atom. The third-order valence-electron chi connectivity index (χ3n) is 4.02. The van der Waals surface area contributed by atoms with Crippen LogP contribution in [0, 0.1) is 11.3 Å². The Bertz CT molecular complexity index is 403. The zero-order chi connectivity index (χ0) is 14.0. The lowest BCUT2D eigenvalue weighted by Gasteiger charge is -2.38. The van der Waals surface area contributed by atoms with Crippen molar-refractivity contribution in [3.63, 3.8) is 0 Å². The Hall–Kier alpha value is -1.20. The number of esters is 1. The Morgan fingerprint density at radius 3 is 2.95 bits per heavy atom. The highest BCUT2D eigenvalue weighted by Gasteiger charge is 2.61. The fourth-order valence-corrected chi connectivity index (χ4v) is 3.24. The van der Waals surface area contributed by atoms with E-state index in [-0.39, 0.29) is 37.0 Å². The molecule has 1 heterocycles. The van der Waals surface area contributed by atoms with Gasteiger partial charge in [-0.15, -0.1) is 0 Å². The first kappa shape index (κ1) is 14.2. The van der Waals surface area contributed by atoms with Gasteiger partial charge < -0.3 is 14.2 Å². The van der Waals surface area contributed by atoms with Crippen LogP contribution in [-0.4, -0.2) is 37.9 Å². The molecule has 0 aromatic rings. The van der Waals surface area contributed by atoms with Crippen molar-refractivity contribution in [1.29, 1.82) is 0 Å². The van der Waals surface area contributed by atoms with E-state index < -0.39 is 11.5 Å². The minimum absolute atomic E-state index is 0.0178. The second kappa shape index (κ2) is 5.43. The fourth-order valence-electron chi connectivity index (χ4n) is 3.24. The van der Waals surface area contributed by atoms with Gasteiger partial charge >= 0.3 is 5.97 Å². The summed E-state index contributed by atoms with van der Waals surface area (Å²) in [7, 11) is 1.53. The summed E-state index contributed by atoms with van der Waals surface area (Å²) in [5, 5.41) is 0. The molecule has 0 spiro atoms. The van der Waals surface area contributed by atoms with Crippen molar-refractivity contribution >= 4 is 11.8 Å². The van der Waals surface area contributed by atoms with Gasteiger partial charge in [0.15, 0.2) is 0 Å². The van der Waals surface area contributed by atoms with Crippen molar-refractivity contribution < 1.29 is 23.8 Å². The summed E-state index contributed by atoms with van der Waals surface area (Å²) in [4.78, 5) is 23.9. The third kappa shape index (κ3) is 2.32. The van der Waals surface area contributed by atoms with E-state index in [2.05, 4.69) is 0 Å². The quantitative estimate of drug-likeness (QED) is 0.429. The van der Waals surface area contributed by atoms with Crippen molar-refractivity contribution in [2.75, 3.05) is 13.9 Å². The monoisotopic (exact) mass is 268 g/mol. The van der Waals surface area contributed by atoms with E-state index in [0.717, 1.165) is 6.42 Å². The molecule has 1 aliphatic carbocycles. The summed E-state index contributed by atoms with van der Waals surface area (Å²) in [6, 6.07) is 0. The second-order valence-corrected chi connectivity index (χ2v) is 5.29. The minimum Gasteiger partial charge on any atom is -0.462 e. The van der Waals surface area contributed by atoms with E-state index in [1.54, 1.807) is 0 Å². The molecule has 0 radical (unpaired) electrons. The van der Waals surface area contributed by atoms with Gasteiger partial charge in [-0.2, -0.15) is 0 Å². The molecule has 5 heteroatoms. The number of Topliss-reactive ketones (excluding diaryl/α,β-unsaturated/α-hetero) is 1. The van der Waals surface area contributed by atoms with Gasteiger partial charge in [0.2, 0.25) is 0 Å². The number of rotatable bonds is 5. The first-order valence-corrected chi connectivity index (χ1v) is 6.50. The van der Waals surface area contributed by atoms with Gasteiger partial charge in [0, 0.05) is 19.4 Å². The van der Waals surface area contributed by atoms with Crippen LogP contribution in [0.2, 0.25) is 0 Å². The molecule has 0 saturated carbocycles. The molecule has 2 aliphatic rings. The van der Waals surface area contributed by atoms with E-state index in [9.17, 15) is 9.59 Å². The van der Waals surface area contributed by atoms with Crippen LogP contribution in [0.5, 0.6) is 0 Å². The number of carbonyl (C=O) groups is 2. The average Bonchev–Trinajstić information content (AvgIpc) is 2.59. The van der Waals surface area contributed by atoms with Crippen molar-refractivity contribution in [3.05, 3.63) is 12.2 Å². The van der Waals surface area contributed by atoms with E-state index in [0.29, 0.717) is 0 Å². The van der Waals surface area contributed by atoms with Crippen LogP contribution in [0.15, 0.2) is 12.2 Å². The summed E-state index contributed by atoms with van der Waals surface area (Å²) < 4.78 is 15.9. The zero-order valence-corrected chi connectivity index (χ0v) is 11.5. The smallest absolute Gasteiger partial charge is 0.316 e. The molecule has 1 saturated heterocycles. The topological polar surface area (TPSA) is 61.8 Å². The predicted molar refractivity (Wildman–Crippen MR) is 67.3 cm³/mol. The largest absolute Gasteiger partial charge is 0.462 e. The number of carbonyl (C=O) groups excluding carboxylic acids is 2. The van der Waals surface area contributed by atoms with Crippen LogP contribution in [0.4, 0.5) is 0 Å². The van der Waals surface area contributed by atoms with E-state index in [1.165, 1.54) is 14.0 Å². The Kier molecular flexibility index (Phi) is 4.06. The Morgan fingerprint density at radius 1 is 1.58 bits per heavy atom. The van der Waals surface area contributed by atoms with Gasteiger partial charge in [0.05, 0.1) is 6.10 Å². The lowest BCUT2D eigenvalue weighted by molar-refractivity contribution is -0.163. The molecule has 0 amide bonds. The maximum atomic E-state index is 12.3. The van der Waals surface area contributed by atoms with Gasteiger partial charge in [-0.05, 0) is 20.3 Å². The van der Waals surface area contributed by atoms with Crippen LogP contribution in [-0.2, 0) is 23.8 Å². The highest BCUT2D eigenvalue weighted by Crippen LogP contribution is 2.51. The molecule has 0 aromatic heterocycles. The van der Waals surface area contributed by atoms with Crippen LogP contribution in [0.3, 0.4) is 0 Å². The molecular formula is C14H20O5. The van der Waals surface area contributed by atoms with Gasteiger partial charge in [-0.25, -0.2) is 0 Å². The van der Waals surface area contributed by atoms with Gasteiger partial charge in [-0.1, -0.05) is 12.2 Å². The molecule has 0 bridgehead atoms. The van der Waals surface area contributed by atoms with E-state index >= 15 is 0 Å². The van der Waals surface area contributed by atoms with E-state index in [4.69, 9.17) is 14.2 Å². The fraction of sp³-hybridized carbons (Fsp3) is 0.714. The number of methoxy groups -OCH3 is 1. The number of fused-ring (bicyclic) bond motifs is 1. The number of hydrogen-bond donors (Lipinski definition) is 0. The zero-order valence-electron chi connectivity index (χ0n) is 11.5. The van der Waals surface area contributed by atoms with E-state index in [1.807, 2.05) is 19.1 Å². The minimum atomic E-state index is -0.890. The maximum Gasteiger partial charge on any atom is 0.316 e. The Balaban J connectivity index is 2.36. The van der Waals surface area contributed by atoms with Crippen LogP contribution in [0.25, 0.3) is 0 Å². The molecule has 0 N–H and O–H groups in total. The standard InChI is InChI=1S/C14H20O5/c1-9(15)7-14-11(10(2)19-13(14)16)5-4-6-12(14)18-8-17-3/h4,6,10-12H,5,7-8H2,1-3H3/t10-,11+,12-,14-/m1/s1. The molecule has 106 valence electrons. The van der Waals surface area contributed by atoms with Gasteiger partial charge in [-0.3, -0.25) is 9.59 Å². The SMILES string of the molecule is COCO[C@@H]1C=CC[C@H]2[C@@H](C)OC(=O)[C@@]12CC(C)=O. The highest BCUT2D eigenvalue weighted by molar-refractivity contribution is 5.88. The molecule has 1 fully saturated rings. The maximum absolute atomic E-state index is 12.3. The number of ether oxygens (including phenoxy) is 3. The molecule has 5 nitrogen and oxygen atoms in total. The molecule has 0 unspecified atom stereocenters. The van der Waals surface area contributed by atoms with Crippen molar-refractivity contribution in [2.24, 2.45) is 11.3 Å². The van der Waals surface area contributed by atoms with Crippen molar-refractivity contribution in [1.82, 2.24) is 0 Å². The molecule has 4 atom stereocenters. The van der Waals surface area contributed by atoms with Crippen molar-refractivity contribution in [2.45, 2.75) is 38.9 Å². The summed E-state index contributed by atoms with van der Waals surface area (Å²) in [6.07, 6.45) is 4.06. The summed E-state index contributed by atoms with van der Waals surface area (Å²) in [5.74, 6) is -0.376. The molecule has 19 heavy (non-hydrogen) atoms. The summed E-state index contributed by atoms with van der Waals surface area (Å²) in [6.45, 7) is 3.45. The normalized spacial score (nSPS) is 37.0. The third-order valence-corrected chi connectivity index (χ3v) is 4.02. The number of hydrogen-bond acceptors (Lipinski definition) is 5. The molecular weight excluding hydrogens is 248 g/mol. The Labute approximate surface area is 112 Å². The highest BCUT2D eigenvalue weighted by atomic mass is 16.7. The average molecular weight is 268 g/mol. The molecule has 2 rings (SSSR count). The molecule has 0 aromatic carbocycles. The number of allylic oxidation sites excluding steroid dienone is 1.